The summed E-state index contributed by atoms with van der Waals surface area (Å²) in [6.45, 7) is 2.70. The Morgan fingerprint density at radius 3 is 2.53 bits per heavy atom. The molecule has 0 aliphatic carbocycles. The molecule has 3 heterocycles. The van der Waals surface area contributed by atoms with Crippen LogP contribution in [0.2, 0.25) is 0 Å². The number of hydrogen-bond acceptors (Lipinski definition) is 4. The quantitative estimate of drug-likeness (QED) is 0.588. The third kappa shape index (κ3) is 4.10. The van der Waals surface area contributed by atoms with Gasteiger partial charge >= 0.3 is 6.03 Å². The van der Waals surface area contributed by atoms with Gasteiger partial charge in [-0.1, -0.05) is 42.5 Å². The Morgan fingerprint density at radius 2 is 1.78 bits per heavy atom. The Kier molecular flexibility index (Phi) is 5.62. The third-order valence-electron chi connectivity index (χ3n) is 6.98. The van der Waals surface area contributed by atoms with Crippen molar-refractivity contribution in [2.24, 2.45) is 5.92 Å². The highest BCUT2D eigenvalue weighted by Crippen LogP contribution is 2.35. The number of rotatable bonds is 6. The molecule has 0 bridgehead atoms. The van der Waals surface area contributed by atoms with Gasteiger partial charge in [0.2, 0.25) is 0 Å². The Balaban J connectivity index is 1.26. The number of hydrogen-bond donors (Lipinski definition) is 2. The summed E-state index contributed by atoms with van der Waals surface area (Å²) in [5, 5.41) is 6.68. The second-order valence-corrected chi connectivity index (χ2v) is 8.95. The maximum atomic E-state index is 12.9. The number of piperidine rings is 1. The molecule has 6 nitrogen and oxygen atoms in total. The lowest BCUT2D eigenvalue weighted by Crippen LogP contribution is -2.56. The number of aryl methyl sites for hydroxylation is 1. The van der Waals surface area contributed by atoms with E-state index in [0.29, 0.717) is 6.42 Å². The molecule has 5 rings (SSSR count). The largest absolute Gasteiger partial charge is 0.323 e. The van der Waals surface area contributed by atoms with Gasteiger partial charge in [-0.2, -0.15) is 0 Å². The summed E-state index contributed by atoms with van der Waals surface area (Å²) in [4.78, 5) is 31.8. The lowest BCUT2D eigenvalue weighted by Gasteiger charge is -2.40. The van der Waals surface area contributed by atoms with Gasteiger partial charge in [-0.15, -0.1) is 0 Å². The Bertz CT molecular complexity index is 1120. The first-order chi connectivity index (χ1) is 15.6. The van der Waals surface area contributed by atoms with Gasteiger partial charge < -0.3 is 5.32 Å². The molecule has 3 aromatic rings. The molecule has 164 valence electrons. The summed E-state index contributed by atoms with van der Waals surface area (Å²) in [7, 11) is 0. The summed E-state index contributed by atoms with van der Waals surface area (Å²) < 4.78 is 0. The van der Waals surface area contributed by atoms with E-state index in [0.717, 1.165) is 49.8 Å². The molecular formula is C26H28N4O2. The maximum absolute atomic E-state index is 12.9. The normalized spacial score (nSPS) is 22.1. The fraction of sp³-hybridized carbons (Fsp3) is 0.346. The lowest BCUT2D eigenvalue weighted by molar-refractivity contribution is -0.127. The minimum atomic E-state index is -0.812. The molecule has 6 heteroatoms. The van der Waals surface area contributed by atoms with Gasteiger partial charge in [-0.25, -0.2) is 4.79 Å². The van der Waals surface area contributed by atoms with Crippen molar-refractivity contribution in [2.45, 2.75) is 37.8 Å². The molecule has 32 heavy (non-hydrogen) atoms. The number of nitrogens with one attached hydrogen (secondary N) is 2. The van der Waals surface area contributed by atoms with Crippen molar-refractivity contribution in [3.63, 3.8) is 0 Å². The number of pyridine rings is 1. The van der Waals surface area contributed by atoms with Crippen molar-refractivity contribution in [2.75, 3.05) is 13.1 Å². The van der Waals surface area contributed by atoms with Crippen LogP contribution in [0.4, 0.5) is 4.79 Å². The standard InChI is InChI=1S/C26H28N4O2/c31-24-26(29-25(32)28-24,13-10-19-5-2-1-3-6-19)22-11-15-30(16-12-22)18-20-8-9-23-21(17-20)7-4-14-27-23/h1-9,14,17,22H,10-13,15-16,18H2,(H2,28,29,31,32)/t26-/m0/s1. The van der Waals surface area contributed by atoms with E-state index in [1.165, 1.54) is 11.1 Å². The van der Waals surface area contributed by atoms with Crippen LogP contribution in [0.15, 0.2) is 66.9 Å². The van der Waals surface area contributed by atoms with Gasteiger partial charge in [0.1, 0.15) is 5.54 Å². The predicted molar refractivity (Wildman–Crippen MR) is 124 cm³/mol. The second-order valence-electron chi connectivity index (χ2n) is 8.95. The maximum Gasteiger partial charge on any atom is 0.322 e. The van der Waals surface area contributed by atoms with Crippen LogP contribution in [0.3, 0.4) is 0 Å². The molecule has 2 aliphatic rings. The molecule has 0 spiro atoms. The van der Waals surface area contributed by atoms with Crippen LogP contribution in [-0.4, -0.2) is 40.5 Å². The molecule has 1 aromatic heterocycles. The Morgan fingerprint density at radius 1 is 0.969 bits per heavy atom. The molecule has 0 unspecified atom stereocenters. The smallest absolute Gasteiger partial charge is 0.322 e. The van der Waals surface area contributed by atoms with Gasteiger partial charge in [0.05, 0.1) is 5.52 Å². The van der Waals surface area contributed by atoms with E-state index in [9.17, 15) is 9.59 Å². The monoisotopic (exact) mass is 428 g/mol. The van der Waals surface area contributed by atoms with E-state index in [1.807, 2.05) is 30.5 Å². The van der Waals surface area contributed by atoms with E-state index in [2.05, 4.69) is 56.9 Å². The predicted octanol–water partition coefficient (Wildman–Crippen LogP) is 3.66. The van der Waals surface area contributed by atoms with E-state index in [1.54, 1.807) is 0 Å². The first-order valence-corrected chi connectivity index (χ1v) is 11.4. The Hall–Kier alpha value is -3.25. The van der Waals surface area contributed by atoms with Crippen molar-refractivity contribution >= 4 is 22.8 Å². The molecule has 0 saturated carbocycles. The van der Waals surface area contributed by atoms with Crippen LogP contribution < -0.4 is 10.6 Å². The van der Waals surface area contributed by atoms with Crippen LogP contribution in [-0.2, 0) is 17.8 Å². The number of carbonyl (C=O) groups is 2. The average molecular weight is 429 g/mol. The first-order valence-electron chi connectivity index (χ1n) is 11.4. The SMILES string of the molecule is O=C1NC(=O)[C@](CCc2ccccc2)(C2CCN(Cc3ccc4ncccc4c3)CC2)N1. The number of benzene rings is 2. The van der Waals surface area contributed by atoms with Gasteiger partial charge in [0.15, 0.2) is 0 Å². The lowest BCUT2D eigenvalue weighted by atomic mass is 9.74. The fourth-order valence-corrected chi connectivity index (χ4v) is 5.22. The minimum absolute atomic E-state index is 0.134. The van der Waals surface area contributed by atoms with Crippen LogP contribution in [0.5, 0.6) is 0 Å². The van der Waals surface area contributed by atoms with Gasteiger partial charge in [0, 0.05) is 18.1 Å². The zero-order valence-corrected chi connectivity index (χ0v) is 18.1. The number of amides is 3. The van der Waals surface area contributed by atoms with Crippen molar-refractivity contribution in [3.8, 4) is 0 Å². The highest BCUT2D eigenvalue weighted by molar-refractivity contribution is 6.07. The Labute approximate surface area is 188 Å². The van der Waals surface area contributed by atoms with Crippen LogP contribution in [0, 0.1) is 5.92 Å². The molecule has 1 atom stereocenters. The number of nitrogens with zero attached hydrogens (tertiary/aromatic N) is 2. The molecule has 0 radical (unpaired) electrons. The topological polar surface area (TPSA) is 74.3 Å². The zero-order chi connectivity index (χ0) is 22.0. The number of likely N-dealkylation sites (tertiary alicyclic amines) is 1. The van der Waals surface area contributed by atoms with Gasteiger partial charge in [-0.3, -0.25) is 20.0 Å². The van der Waals surface area contributed by atoms with E-state index in [-0.39, 0.29) is 17.9 Å². The highest BCUT2D eigenvalue weighted by atomic mass is 16.2. The van der Waals surface area contributed by atoms with Gasteiger partial charge in [-0.05, 0) is 74.0 Å². The van der Waals surface area contributed by atoms with Crippen LogP contribution in [0.1, 0.15) is 30.4 Å². The first kappa shape index (κ1) is 20.6. The summed E-state index contributed by atoms with van der Waals surface area (Å²) in [5.74, 6) is -0.0337. The van der Waals surface area contributed by atoms with Crippen molar-refractivity contribution in [1.29, 1.82) is 0 Å². The van der Waals surface area contributed by atoms with E-state index >= 15 is 0 Å². The van der Waals surface area contributed by atoms with E-state index in [4.69, 9.17) is 0 Å². The van der Waals surface area contributed by atoms with E-state index < -0.39 is 5.54 Å². The molecule has 2 fully saturated rings. The summed E-state index contributed by atoms with van der Waals surface area (Å²) in [5.41, 5.74) is 2.66. The van der Waals surface area contributed by atoms with Crippen molar-refractivity contribution in [1.82, 2.24) is 20.5 Å². The average Bonchev–Trinajstić information content (AvgIpc) is 3.12. The molecule has 3 amide bonds. The fourth-order valence-electron chi connectivity index (χ4n) is 5.22. The number of carbonyl (C=O) groups excluding carboxylic acids is 2. The zero-order valence-electron chi connectivity index (χ0n) is 18.1. The minimum Gasteiger partial charge on any atom is -0.323 e. The molecule has 2 aromatic carbocycles. The van der Waals surface area contributed by atoms with Crippen molar-refractivity contribution < 1.29 is 9.59 Å². The molecular weight excluding hydrogens is 400 g/mol. The number of fused-ring (bicyclic) bond motifs is 1. The summed E-state index contributed by atoms with van der Waals surface area (Å²) in [6, 6.07) is 20.3. The second kappa shape index (κ2) is 8.71. The van der Waals surface area contributed by atoms with Crippen LogP contribution in [0.25, 0.3) is 10.9 Å². The summed E-state index contributed by atoms with van der Waals surface area (Å²) in [6.07, 6.45) is 4.98. The van der Waals surface area contributed by atoms with Crippen LogP contribution >= 0.6 is 0 Å². The number of imide groups is 1. The number of urea groups is 1. The number of aromatic nitrogens is 1. The summed E-state index contributed by atoms with van der Waals surface area (Å²) >= 11 is 0. The van der Waals surface area contributed by atoms with Crippen molar-refractivity contribution in [3.05, 3.63) is 78.0 Å². The molecule has 2 N–H and O–H groups in total. The molecule has 2 aliphatic heterocycles. The third-order valence-corrected chi connectivity index (χ3v) is 6.98. The molecule has 2 saturated heterocycles. The van der Waals surface area contributed by atoms with Gasteiger partial charge in [0.25, 0.3) is 5.91 Å². The highest BCUT2D eigenvalue weighted by Gasteiger charge is 2.51.